The maximum atomic E-state index is 15.5. The summed E-state index contributed by atoms with van der Waals surface area (Å²) in [5, 5.41) is 23.5. The highest BCUT2D eigenvalue weighted by atomic mass is 19.4. The van der Waals surface area contributed by atoms with Crippen LogP contribution in [0.4, 0.5) is 17.6 Å². The summed E-state index contributed by atoms with van der Waals surface area (Å²) in [6.07, 6.45) is 0.689. The number of carboxylic acids is 1. The van der Waals surface area contributed by atoms with Crippen LogP contribution >= 0.6 is 0 Å². The third-order valence-electron chi connectivity index (χ3n) is 8.73. The molecule has 1 aliphatic carbocycles. The summed E-state index contributed by atoms with van der Waals surface area (Å²) in [6, 6.07) is 13.1. The van der Waals surface area contributed by atoms with Crippen LogP contribution in [0, 0.1) is 5.82 Å². The van der Waals surface area contributed by atoms with Crippen LogP contribution < -0.4 is 4.74 Å². The smallest absolute Gasteiger partial charge is 0.417 e. The summed E-state index contributed by atoms with van der Waals surface area (Å²) in [7, 11) is 0. The van der Waals surface area contributed by atoms with Crippen LogP contribution in [0.1, 0.15) is 72.8 Å². The Bertz CT molecular complexity index is 1740. The van der Waals surface area contributed by atoms with E-state index in [0.717, 1.165) is 22.3 Å². The summed E-state index contributed by atoms with van der Waals surface area (Å²) >= 11 is 0. The molecule has 0 saturated carbocycles. The molecule has 0 spiro atoms. The number of rotatable bonds is 9. The molecule has 1 aromatic heterocycles. The van der Waals surface area contributed by atoms with Crippen molar-refractivity contribution in [2.75, 3.05) is 6.61 Å². The van der Waals surface area contributed by atoms with Gasteiger partial charge in [-0.25, -0.2) is 4.39 Å². The van der Waals surface area contributed by atoms with Gasteiger partial charge >= 0.3 is 12.1 Å². The Morgan fingerprint density at radius 3 is 2.47 bits per heavy atom. The van der Waals surface area contributed by atoms with E-state index in [1.807, 2.05) is 18.2 Å². The van der Waals surface area contributed by atoms with E-state index in [1.54, 1.807) is 55.2 Å². The highest BCUT2D eigenvalue weighted by Crippen LogP contribution is 2.48. The van der Waals surface area contributed by atoms with Crippen molar-refractivity contribution in [3.05, 3.63) is 94.6 Å². The number of hydrogen-bond acceptors (Lipinski definition) is 4. The molecule has 0 bridgehead atoms. The van der Waals surface area contributed by atoms with Gasteiger partial charge in [0.1, 0.15) is 11.6 Å². The molecule has 2 atom stereocenters. The normalized spacial score (nSPS) is 17.7. The molecule has 2 aliphatic rings. The van der Waals surface area contributed by atoms with Gasteiger partial charge in [0, 0.05) is 23.2 Å². The van der Waals surface area contributed by atoms with Crippen LogP contribution in [0.3, 0.4) is 0 Å². The first-order valence-corrected chi connectivity index (χ1v) is 15.0. The summed E-state index contributed by atoms with van der Waals surface area (Å²) in [6.45, 7) is 3.95. The van der Waals surface area contributed by atoms with E-state index < -0.39 is 29.1 Å². The first-order chi connectivity index (χ1) is 21.3. The van der Waals surface area contributed by atoms with E-state index in [4.69, 9.17) is 9.84 Å². The van der Waals surface area contributed by atoms with Crippen molar-refractivity contribution in [2.45, 2.75) is 76.1 Å². The summed E-state index contributed by atoms with van der Waals surface area (Å²) in [5.74, 6) is -1.50. The number of fused-ring (bicyclic) bond motifs is 2. The van der Waals surface area contributed by atoms with Crippen molar-refractivity contribution in [3.8, 4) is 28.0 Å². The first-order valence-electron chi connectivity index (χ1n) is 15.0. The van der Waals surface area contributed by atoms with Crippen molar-refractivity contribution in [2.24, 2.45) is 0 Å². The number of benzene rings is 3. The second-order valence-corrected chi connectivity index (χ2v) is 12.7. The van der Waals surface area contributed by atoms with Gasteiger partial charge in [-0.2, -0.15) is 18.3 Å². The lowest BCUT2D eigenvalue weighted by atomic mass is 9.87. The van der Waals surface area contributed by atoms with E-state index in [9.17, 15) is 23.1 Å². The van der Waals surface area contributed by atoms with Crippen molar-refractivity contribution in [3.63, 3.8) is 0 Å². The van der Waals surface area contributed by atoms with Crippen molar-refractivity contribution in [1.29, 1.82) is 0 Å². The predicted molar refractivity (Wildman–Crippen MR) is 161 cm³/mol. The highest BCUT2D eigenvalue weighted by molar-refractivity contribution is 5.77. The van der Waals surface area contributed by atoms with Gasteiger partial charge in [-0.05, 0) is 91.0 Å². The molecule has 6 rings (SSSR count). The van der Waals surface area contributed by atoms with Crippen molar-refractivity contribution < 1.29 is 37.3 Å². The van der Waals surface area contributed by atoms with Crippen LogP contribution in [0.5, 0.6) is 5.75 Å². The number of alkyl halides is 3. The Labute approximate surface area is 258 Å². The first kappa shape index (κ1) is 30.8. The molecule has 0 amide bonds. The minimum absolute atomic E-state index is 0.0106. The standard InChI is InChI=1S/C35H34F4N2O4/c1-34(2,44)19-41-17-25(16-40-41)21-6-8-22(9-7-21)32-27-12-10-23(33(27)29(36)15-28(32)35(37,38)39)5-3-20-4-11-26-24(14-31(42)43)18-45-30(26)13-20/h4,6-9,11,13,15-17,23-24,44H,3,5,10,12,14,18-19H2,1-2H3,(H,42,43)/t23-,24-/m1/s1. The topological polar surface area (TPSA) is 84.6 Å². The Morgan fingerprint density at radius 2 is 1.78 bits per heavy atom. The van der Waals surface area contributed by atoms with Crippen LogP contribution in [0.2, 0.25) is 0 Å². The molecule has 0 saturated heterocycles. The fraction of sp³-hybridized carbons (Fsp3) is 0.371. The third kappa shape index (κ3) is 6.47. The molecular formula is C35H34F4N2O4. The number of hydrogen-bond donors (Lipinski definition) is 2. The molecule has 0 fully saturated rings. The molecule has 45 heavy (non-hydrogen) atoms. The molecule has 3 aromatic carbocycles. The maximum Gasteiger partial charge on any atom is 0.417 e. The average molecular weight is 623 g/mol. The van der Waals surface area contributed by atoms with Crippen LogP contribution in [-0.4, -0.2) is 38.2 Å². The quantitative estimate of drug-likeness (QED) is 0.187. The van der Waals surface area contributed by atoms with E-state index in [2.05, 4.69) is 5.10 Å². The zero-order valence-electron chi connectivity index (χ0n) is 25.0. The largest absolute Gasteiger partial charge is 0.493 e. The Balaban J connectivity index is 1.26. The highest BCUT2D eigenvalue weighted by Gasteiger charge is 2.39. The van der Waals surface area contributed by atoms with Crippen LogP contribution in [-0.2, 0) is 30.4 Å². The van der Waals surface area contributed by atoms with Gasteiger partial charge in [0.2, 0.25) is 0 Å². The molecule has 0 radical (unpaired) electrons. The summed E-state index contributed by atoms with van der Waals surface area (Å²) in [5.41, 5.74) is 2.57. The number of aliphatic carboxylic acids is 1. The second kappa shape index (κ2) is 11.6. The number of nitrogens with zero attached hydrogens (tertiary/aromatic N) is 2. The SMILES string of the molecule is CC(C)(O)Cn1cc(-c2ccc(-c3c(C(F)(F)F)cc(F)c4c3CC[C@H]4CCc3ccc4c(c3)OC[C@H]4CC(=O)O)cc2)cn1. The fourth-order valence-electron chi connectivity index (χ4n) is 6.75. The van der Waals surface area contributed by atoms with Gasteiger partial charge in [-0.15, -0.1) is 0 Å². The monoisotopic (exact) mass is 622 g/mol. The molecule has 6 nitrogen and oxygen atoms in total. The minimum Gasteiger partial charge on any atom is -0.493 e. The Morgan fingerprint density at radius 1 is 1.04 bits per heavy atom. The van der Waals surface area contributed by atoms with Crippen molar-refractivity contribution in [1.82, 2.24) is 9.78 Å². The molecule has 10 heteroatoms. The van der Waals surface area contributed by atoms with E-state index in [-0.39, 0.29) is 30.4 Å². The minimum atomic E-state index is -4.73. The molecular weight excluding hydrogens is 588 g/mol. The van der Waals surface area contributed by atoms with E-state index in [0.29, 0.717) is 60.8 Å². The lowest BCUT2D eigenvalue weighted by Crippen LogP contribution is -2.26. The number of aryl methyl sites for hydroxylation is 1. The Hall–Kier alpha value is -4.18. The molecule has 2 heterocycles. The lowest BCUT2D eigenvalue weighted by molar-refractivity contribution is -0.138. The van der Waals surface area contributed by atoms with Gasteiger partial charge in [-0.1, -0.05) is 36.4 Å². The van der Waals surface area contributed by atoms with Crippen molar-refractivity contribution >= 4 is 5.97 Å². The predicted octanol–water partition coefficient (Wildman–Crippen LogP) is 7.76. The van der Waals surface area contributed by atoms with Gasteiger partial charge < -0.3 is 14.9 Å². The van der Waals surface area contributed by atoms with Gasteiger partial charge in [-0.3, -0.25) is 9.48 Å². The maximum absolute atomic E-state index is 15.5. The van der Waals surface area contributed by atoms with Crippen LogP contribution in [0.15, 0.2) is 60.9 Å². The second-order valence-electron chi connectivity index (χ2n) is 12.7. The zero-order valence-corrected chi connectivity index (χ0v) is 25.0. The fourth-order valence-corrected chi connectivity index (χ4v) is 6.75. The molecule has 0 unspecified atom stereocenters. The van der Waals surface area contributed by atoms with Gasteiger partial charge in [0.05, 0.1) is 36.9 Å². The third-order valence-corrected chi connectivity index (χ3v) is 8.73. The number of carboxylic acid groups (broad SMARTS) is 1. The molecule has 1 aliphatic heterocycles. The number of ether oxygens (including phenoxy) is 1. The van der Waals surface area contributed by atoms with E-state index in [1.165, 1.54) is 0 Å². The number of aliphatic hydroxyl groups is 1. The zero-order chi connectivity index (χ0) is 32.1. The summed E-state index contributed by atoms with van der Waals surface area (Å²) < 4.78 is 65.7. The molecule has 4 aromatic rings. The number of halogens is 4. The van der Waals surface area contributed by atoms with Gasteiger partial charge in [0.15, 0.2) is 0 Å². The molecule has 2 N–H and O–H groups in total. The lowest BCUT2D eigenvalue weighted by Gasteiger charge is -2.20. The van der Waals surface area contributed by atoms with Gasteiger partial charge in [0.25, 0.3) is 0 Å². The number of aromatic nitrogens is 2. The molecule has 236 valence electrons. The summed E-state index contributed by atoms with van der Waals surface area (Å²) in [4.78, 5) is 11.2. The van der Waals surface area contributed by atoms with E-state index >= 15 is 4.39 Å². The average Bonchev–Trinajstić information content (AvgIpc) is 3.69. The Kier molecular flexibility index (Phi) is 7.97. The van der Waals surface area contributed by atoms with Crippen LogP contribution in [0.25, 0.3) is 22.3 Å². The number of carbonyl (C=O) groups is 1.